The molecule has 1 unspecified atom stereocenters. The number of fused-ring (bicyclic) bond motifs is 1. The van der Waals surface area contributed by atoms with Crippen molar-refractivity contribution >= 4 is 5.78 Å². The highest BCUT2D eigenvalue weighted by Gasteiger charge is 2.27. The Hall–Kier alpha value is -2.83. The van der Waals surface area contributed by atoms with Crippen LogP contribution in [0.5, 0.6) is 0 Å². The molecule has 0 saturated carbocycles. The number of piperazine rings is 1. The summed E-state index contributed by atoms with van der Waals surface area (Å²) in [5.41, 5.74) is 7.44. The molecule has 5 heteroatoms. The first-order valence-electron chi connectivity index (χ1n) is 13.1. The van der Waals surface area contributed by atoms with Crippen LogP contribution in [0, 0.1) is 6.92 Å². The molecule has 5 rings (SSSR count). The molecule has 3 N–H and O–H groups in total. The molecule has 1 heterocycles. The van der Waals surface area contributed by atoms with Crippen LogP contribution in [0.2, 0.25) is 0 Å². The quantitative estimate of drug-likeness (QED) is 0.484. The van der Waals surface area contributed by atoms with E-state index in [1.54, 1.807) is 32.3 Å². The number of nitrogens with zero attached hydrogens (tertiary/aromatic N) is 1. The van der Waals surface area contributed by atoms with E-state index in [-0.39, 0.29) is 11.3 Å². The molecule has 2 aliphatic rings. The number of aryl methyl sites for hydroxylation is 1. The van der Waals surface area contributed by atoms with Gasteiger partial charge in [-0.2, -0.15) is 0 Å². The Morgan fingerprint density at radius 3 is 2.05 bits per heavy atom. The topological polar surface area (TPSA) is 73.1 Å². The van der Waals surface area contributed by atoms with Gasteiger partial charge in [0.15, 0.2) is 5.78 Å². The third kappa shape index (κ3) is 9.86. The van der Waals surface area contributed by atoms with Gasteiger partial charge in [0, 0.05) is 52.0 Å². The van der Waals surface area contributed by atoms with Crippen molar-refractivity contribution in [1.82, 2.24) is 10.2 Å². The first-order chi connectivity index (χ1) is 17.5. The summed E-state index contributed by atoms with van der Waals surface area (Å²) in [6, 6.07) is 25.4. The number of Topliss-reactive ketones (excluding diaryl/α,β-unsaturated/α-hetero) is 1. The molecule has 3 aromatic rings. The zero-order chi connectivity index (χ0) is 26.3. The lowest BCUT2D eigenvalue weighted by atomic mass is 9.98. The minimum atomic E-state index is 0. The maximum Gasteiger partial charge on any atom is 0.160 e. The van der Waals surface area contributed by atoms with E-state index < -0.39 is 0 Å². The van der Waals surface area contributed by atoms with E-state index in [2.05, 4.69) is 40.1 Å². The molecule has 0 bridgehead atoms. The van der Waals surface area contributed by atoms with Crippen LogP contribution in [0.15, 0.2) is 72.8 Å². The van der Waals surface area contributed by atoms with Crippen molar-refractivity contribution in [1.29, 1.82) is 0 Å². The summed E-state index contributed by atoms with van der Waals surface area (Å²) in [6.45, 7) is 12.5. The highest BCUT2D eigenvalue weighted by Crippen LogP contribution is 2.26. The highest BCUT2D eigenvalue weighted by molar-refractivity contribution is 6.00. The summed E-state index contributed by atoms with van der Waals surface area (Å²) in [7, 11) is 3.25. The molecule has 1 aliphatic heterocycles. The highest BCUT2D eigenvalue weighted by atomic mass is 16.4. The fourth-order valence-corrected chi connectivity index (χ4v) is 4.69. The van der Waals surface area contributed by atoms with Crippen LogP contribution in [0.4, 0.5) is 0 Å². The van der Waals surface area contributed by atoms with Gasteiger partial charge in [-0.1, -0.05) is 92.2 Å². The number of carbonyl (C=O) groups is 1. The van der Waals surface area contributed by atoms with Crippen LogP contribution in [-0.2, 0) is 17.6 Å². The first kappa shape index (κ1) is 32.2. The summed E-state index contributed by atoms with van der Waals surface area (Å²) < 4.78 is 4.25. The number of ketones is 1. The normalized spacial score (nSPS) is 15.8. The summed E-state index contributed by atoms with van der Waals surface area (Å²) in [5.74, 6) is 0.106. The molecule has 202 valence electrons. The van der Waals surface area contributed by atoms with Crippen molar-refractivity contribution in [2.45, 2.75) is 46.6 Å². The number of benzene rings is 3. The zero-order valence-corrected chi connectivity index (χ0v) is 23.5. The monoisotopic (exact) mass is 506 g/mol. The maximum absolute atomic E-state index is 11.4. The largest absolute Gasteiger partial charge is 0.412 e. The van der Waals surface area contributed by atoms with Crippen molar-refractivity contribution in [2.75, 3.05) is 40.4 Å². The van der Waals surface area contributed by atoms with E-state index >= 15 is 0 Å². The molecule has 0 spiro atoms. The number of hydrogen-bond donors (Lipinski definition) is 1. The van der Waals surface area contributed by atoms with Gasteiger partial charge in [-0.3, -0.25) is 9.69 Å². The molecule has 0 radical (unpaired) electrons. The first-order valence-corrected chi connectivity index (χ1v) is 13.1. The minimum absolute atomic E-state index is 0. The van der Waals surface area contributed by atoms with Crippen LogP contribution in [0.1, 0.15) is 47.8 Å². The fourth-order valence-electron chi connectivity index (χ4n) is 4.69. The molecule has 3 aromatic carbocycles. The lowest BCUT2D eigenvalue weighted by Gasteiger charge is -2.32. The summed E-state index contributed by atoms with van der Waals surface area (Å²) in [6.07, 6.45) is 2.52. The van der Waals surface area contributed by atoms with E-state index in [4.69, 9.17) is 0 Å². The second kappa shape index (κ2) is 17.6. The van der Waals surface area contributed by atoms with Crippen molar-refractivity contribution in [2.24, 2.45) is 0 Å². The lowest BCUT2D eigenvalue weighted by Crippen LogP contribution is -2.48. The predicted octanol–water partition coefficient (Wildman–Crippen LogP) is 5.39. The van der Waals surface area contributed by atoms with Crippen molar-refractivity contribution in [3.8, 4) is 11.1 Å². The van der Waals surface area contributed by atoms with Crippen molar-refractivity contribution in [3.05, 3.63) is 95.1 Å². The fraction of sp³-hybridized carbons (Fsp3) is 0.406. The van der Waals surface area contributed by atoms with Crippen LogP contribution < -0.4 is 5.32 Å². The Bertz CT molecular complexity index is 1050. The molecule has 37 heavy (non-hydrogen) atoms. The molecule has 5 nitrogen and oxygen atoms in total. The Balaban J connectivity index is 0.000000309. The van der Waals surface area contributed by atoms with Crippen LogP contribution in [0.25, 0.3) is 11.1 Å². The molecule has 1 fully saturated rings. The van der Waals surface area contributed by atoms with E-state index in [9.17, 15) is 4.79 Å². The molecule has 0 amide bonds. The average Bonchev–Trinajstić information content (AvgIpc) is 3.35. The average molecular weight is 507 g/mol. The Morgan fingerprint density at radius 2 is 1.43 bits per heavy atom. The van der Waals surface area contributed by atoms with Gasteiger partial charge in [-0.05, 0) is 48.9 Å². The van der Waals surface area contributed by atoms with Crippen LogP contribution in [-0.4, -0.2) is 62.6 Å². The maximum atomic E-state index is 11.4. The standard InChI is InChI=1S/C14H20N2.C14H12O.C2H6O.C2H6.H2O/c1-11-2-3-12-9-14(10-13(12)8-11)16-6-4-15-5-7-16;1-11(15)13-9-5-6-10-14(13)12-7-3-2-4-8-12;1-3-2;1-2;/h2-3,8,14-15H,4-7,9-10H2,1H3;2-10H,1H3;1-2H3;1-2H3;1H2. The van der Waals surface area contributed by atoms with Gasteiger partial charge in [-0.25, -0.2) is 0 Å². The SMILES string of the molecule is CC.CC(=O)c1ccccc1-c1ccccc1.COC.Cc1ccc2c(c1)CC(N1CCNCC1)C2.O. The van der Waals surface area contributed by atoms with Gasteiger partial charge in [-0.15, -0.1) is 0 Å². The van der Waals surface area contributed by atoms with Crippen molar-refractivity contribution in [3.63, 3.8) is 0 Å². The van der Waals surface area contributed by atoms with E-state index in [1.165, 1.54) is 31.5 Å². The van der Waals surface area contributed by atoms with Gasteiger partial charge in [0.1, 0.15) is 0 Å². The van der Waals surface area contributed by atoms with Gasteiger partial charge in [0.25, 0.3) is 0 Å². The number of ether oxygens (including phenoxy) is 1. The molecular formula is C32H46N2O3. The third-order valence-electron chi connectivity index (χ3n) is 6.33. The second-order valence-corrected chi connectivity index (χ2v) is 9.00. The third-order valence-corrected chi connectivity index (χ3v) is 6.33. The van der Waals surface area contributed by atoms with Crippen LogP contribution in [0.3, 0.4) is 0 Å². The molecule has 1 aliphatic carbocycles. The zero-order valence-electron chi connectivity index (χ0n) is 23.5. The van der Waals surface area contributed by atoms with E-state index in [0.717, 1.165) is 35.8 Å². The molecule has 1 saturated heterocycles. The Kier molecular flexibility index (Phi) is 15.3. The summed E-state index contributed by atoms with van der Waals surface area (Å²) >= 11 is 0. The molecular weight excluding hydrogens is 460 g/mol. The smallest absolute Gasteiger partial charge is 0.160 e. The van der Waals surface area contributed by atoms with E-state index in [0.29, 0.717) is 0 Å². The summed E-state index contributed by atoms with van der Waals surface area (Å²) in [5, 5.41) is 3.43. The Labute approximate surface area is 224 Å². The number of nitrogens with one attached hydrogen (secondary N) is 1. The van der Waals surface area contributed by atoms with E-state index in [1.807, 2.05) is 68.4 Å². The second-order valence-electron chi connectivity index (χ2n) is 9.00. The summed E-state index contributed by atoms with van der Waals surface area (Å²) in [4.78, 5) is 14.1. The van der Waals surface area contributed by atoms with Gasteiger partial charge < -0.3 is 15.5 Å². The van der Waals surface area contributed by atoms with Gasteiger partial charge in [0.2, 0.25) is 0 Å². The lowest BCUT2D eigenvalue weighted by molar-refractivity contribution is 0.101. The Morgan fingerprint density at radius 1 is 0.865 bits per heavy atom. The predicted molar refractivity (Wildman–Crippen MR) is 157 cm³/mol. The van der Waals surface area contributed by atoms with Gasteiger partial charge >= 0.3 is 0 Å². The number of methoxy groups -OCH3 is 1. The number of hydrogen-bond acceptors (Lipinski definition) is 4. The number of carbonyl (C=O) groups excluding carboxylic acids is 1. The van der Waals surface area contributed by atoms with Crippen LogP contribution >= 0.6 is 0 Å². The van der Waals surface area contributed by atoms with Gasteiger partial charge in [0.05, 0.1) is 0 Å². The minimum Gasteiger partial charge on any atom is -0.412 e. The van der Waals surface area contributed by atoms with Crippen molar-refractivity contribution < 1.29 is 15.0 Å². The molecule has 0 aromatic heterocycles. The molecule has 1 atom stereocenters. The number of rotatable bonds is 3.